The van der Waals surface area contributed by atoms with Crippen LogP contribution in [0.2, 0.25) is 0 Å². The maximum absolute atomic E-state index is 12.8. The van der Waals surface area contributed by atoms with Crippen molar-refractivity contribution in [2.45, 2.75) is 44.7 Å². The lowest BCUT2D eigenvalue weighted by atomic mass is 10.1. The van der Waals surface area contributed by atoms with Gasteiger partial charge in [0.15, 0.2) is 9.84 Å². The van der Waals surface area contributed by atoms with Crippen molar-refractivity contribution >= 4 is 38.0 Å². The molecule has 3 heterocycles. The summed E-state index contributed by atoms with van der Waals surface area (Å²) in [7, 11) is -2.89. The summed E-state index contributed by atoms with van der Waals surface area (Å²) < 4.78 is 23.4. The third-order valence-corrected chi connectivity index (χ3v) is 9.36. The molecule has 2 saturated heterocycles. The molecule has 2 amide bonds. The van der Waals surface area contributed by atoms with E-state index in [4.69, 9.17) is 5.73 Å². The summed E-state index contributed by atoms with van der Waals surface area (Å²) >= 11 is 1.47. The average molecular weight is 441 g/mol. The van der Waals surface area contributed by atoms with Crippen molar-refractivity contribution in [2.75, 3.05) is 43.0 Å². The van der Waals surface area contributed by atoms with Crippen LogP contribution in [0.1, 0.15) is 40.6 Å². The summed E-state index contributed by atoms with van der Waals surface area (Å²) in [5, 5.41) is 3.52. The molecule has 0 bridgehead atoms. The van der Waals surface area contributed by atoms with Gasteiger partial charge in [0.25, 0.3) is 5.91 Å². The highest BCUT2D eigenvalue weighted by atomic mass is 32.2. The number of hydrogen-bond acceptors (Lipinski definition) is 7. The first kappa shape index (κ1) is 20.8. The molecular weight excluding hydrogens is 412 g/mol. The van der Waals surface area contributed by atoms with Crippen LogP contribution < -0.4 is 11.1 Å². The van der Waals surface area contributed by atoms with Crippen molar-refractivity contribution in [1.29, 1.82) is 0 Å². The van der Waals surface area contributed by atoms with Gasteiger partial charge in [-0.05, 0) is 38.2 Å². The van der Waals surface area contributed by atoms with E-state index in [0.29, 0.717) is 17.0 Å². The van der Waals surface area contributed by atoms with Gasteiger partial charge >= 0.3 is 0 Å². The number of hydrogen-bond donors (Lipinski definition) is 2. The molecule has 8 nitrogen and oxygen atoms in total. The van der Waals surface area contributed by atoms with Crippen molar-refractivity contribution in [1.82, 2.24) is 9.80 Å². The number of nitrogens with two attached hydrogens (primary N) is 1. The smallest absolute Gasteiger partial charge is 0.251 e. The molecule has 2 fully saturated rings. The molecular formula is C19H28N4O4S2. The van der Waals surface area contributed by atoms with Gasteiger partial charge in [0, 0.05) is 37.1 Å². The summed E-state index contributed by atoms with van der Waals surface area (Å²) in [5.41, 5.74) is 7.07. The molecule has 0 unspecified atom stereocenters. The number of rotatable bonds is 5. The number of sulfone groups is 1. The maximum Gasteiger partial charge on any atom is 0.251 e. The van der Waals surface area contributed by atoms with Crippen LogP contribution in [0.25, 0.3) is 0 Å². The maximum atomic E-state index is 12.8. The van der Waals surface area contributed by atoms with Gasteiger partial charge in [-0.2, -0.15) is 0 Å². The molecule has 1 aliphatic carbocycles. The molecule has 0 radical (unpaired) electrons. The van der Waals surface area contributed by atoms with E-state index in [9.17, 15) is 18.0 Å². The molecule has 160 valence electrons. The number of piperazine rings is 1. The molecule has 0 saturated carbocycles. The highest BCUT2D eigenvalue weighted by molar-refractivity contribution is 7.91. The van der Waals surface area contributed by atoms with Crippen molar-refractivity contribution in [3.63, 3.8) is 0 Å². The van der Waals surface area contributed by atoms with Gasteiger partial charge in [-0.25, -0.2) is 8.42 Å². The fraction of sp³-hybridized carbons (Fsp3) is 0.684. The Morgan fingerprint density at radius 2 is 1.93 bits per heavy atom. The highest BCUT2D eigenvalue weighted by Crippen LogP contribution is 2.39. The lowest BCUT2D eigenvalue weighted by Crippen LogP contribution is -2.55. The minimum Gasteiger partial charge on any atom is -0.365 e. The number of anilines is 1. The van der Waals surface area contributed by atoms with Gasteiger partial charge in [0.05, 0.1) is 23.1 Å². The Morgan fingerprint density at radius 3 is 2.55 bits per heavy atom. The first-order valence-electron chi connectivity index (χ1n) is 10.2. The van der Waals surface area contributed by atoms with Gasteiger partial charge in [0.1, 0.15) is 5.00 Å². The number of nitrogens with zero attached hydrogens (tertiary/aromatic N) is 2. The number of carbonyl (C=O) groups excluding carboxylic acids is 2. The van der Waals surface area contributed by atoms with Crippen LogP contribution in [0.5, 0.6) is 0 Å². The molecule has 0 spiro atoms. The summed E-state index contributed by atoms with van der Waals surface area (Å²) in [6.07, 6.45) is 3.51. The topological polar surface area (TPSA) is 113 Å². The standard InChI is InChI=1S/C19H28N4O4S2/c1-12(22-6-8-23(9-7-22)13-5-10-29(26,27)11-13)18(25)21-19-16(17(20)24)14-3-2-4-15(14)28-19/h12-13H,2-11H2,1H3,(H2,20,24)(H,21,25)/t12-,13+/m0/s1. The van der Waals surface area contributed by atoms with Crippen molar-refractivity contribution in [2.24, 2.45) is 5.73 Å². The quantitative estimate of drug-likeness (QED) is 0.688. The molecule has 2 atom stereocenters. The Hall–Kier alpha value is -1.49. The lowest BCUT2D eigenvalue weighted by Gasteiger charge is -2.39. The van der Waals surface area contributed by atoms with E-state index < -0.39 is 15.7 Å². The van der Waals surface area contributed by atoms with Crippen LogP contribution in [0.4, 0.5) is 5.00 Å². The minimum absolute atomic E-state index is 0.109. The van der Waals surface area contributed by atoms with Crippen molar-refractivity contribution in [3.8, 4) is 0 Å². The largest absolute Gasteiger partial charge is 0.365 e. The Kier molecular flexibility index (Phi) is 5.71. The molecule has 10 heteroatoms. The third-order valence-electron chi connectivity index (χ3n) is 6.41. The first-order valence-corrected chi connectivity index (χ1v) is 12.8. The summed E-state index contributed by atoms with van der Waals surface area (Å²) in [6, 6.07) is -0.222. The van der Waals surface area contributed by atoms with E-state index in [1.807, 2.05) is 6.92 Å². The highest BCUT2D eigenvalue weighted by Gasteiger charge is 2.35. The summed E-state index contributed by atoms with van der Waals surface area (Å²) in [6.45, 7) is 4.83. The zero-order valence-electron chi connectivity index (χ0n) is 16.6. The number of thiophene rings is 1. The summed E-state index contributed by atoms with van der Waals surface area (Å²) in [5.74, 6) is -0.0807. The molecule has 0 aromatic carbocycles. The molecule has 29 heavy (non-hydrogen) atoms. The normalized spacial score (nSPS) is 25.6. The van der Waals surface area contributed by atoms with E-state index in [2.05, 4.69) is 15.1 Å². The van der Waals surface area contributed by atoms with E-state index in [0.717, 1.165) is 55.9 Å². The number of amides is 2. The molecule has 2 aliphatic heterocycles. The van der Waals surface area contributed by atoms with Gasteiger partial charge < -0.3 is 11.1 Å². The second-order valence-electron chi connectivity index (χ2n) is 8.22. The zero-order chi connectivity index (χ0) is 20.8. The Balaban J connectivity index is 1.36. The molecule has 3 aliphatic rings. The monoisotopic (exact) mass is 440 g/mol. The predicted octanol–water partition coefficient (Wildman–Crippen LogP) is 0.467. The van der Waals surface area contributed by atoms with Gasteiger partial charge in [-0.15, -0.1) is 11.3 Å². The van der Waals surface area contributed by atoms with Crippen LogP contribution in [0.3, 0.4) is 0 Å². The minimum atomic E-state index is -2.89. The molecule has 1 aromatic rings. The molecule has 3 N–H and O–H groups in total. The van der Waals surface area contributed by atoms with E-state index >= 15 is 0 Å². The van der Waals surface area contributed by atoms with Gasteiger partial charge in [-0.1, -0.05) is 0 Å². The van der Waals surface area contributed by atoms with Crippen LogP contribution >= 0.6 is 11.3 Å². The number of aryl methyl sites for hydroxylation is 1. The van der Waals surface area contributed by atoms with Crippen LogP contribution in [-0.4, -0.2) is 79.8 Å². The van der Waals surface area contributed by atoms with E-state index in [-0.39, 0.29) is 29.5 Å². The Bertz CT molecular complexity index is 919. The average Bonchev–Trinajstić information content (AvgIpc) is 3.34. The second kappa shape index (κ2) is 7.98. The molecule has 4 rings (SSSR count). The van der Waals surface area contributed by atoms with Crippen molar-refractivity contribution in [3.05, 3.63) is 16.0 Å². The SMILES string of the molecule is C[C@@H](C(=O)Nc1sc2c(c1C(N)=O)CCC2)N1CCN([C@@H]2CCS(=O)(=O)C2)CC1. The van der Waals surface area contributed by atoms with Crippen LogP contribution in [0.15, 0.2) is 0 Å². The number of fused-ring (bicyclic) bond motifs is 1. The molecule has 1 aromatic heterocycles. The second-order valence-corrected chi connectivity index (χ2v) is 11.6. The fourth-order valence-corrected chi connectivity index (χ4v) is 7.75. The first-order chi connectivity index (χ1) is 13.7. The number of primary amides is 1. The van der Waals surface area contributed by atoms with Crippen molar-refractivity contribution < 1.29 is 18.0 Å². The van der Waals surface area contributed by atoms with Crippen LogP contribution in [-0.2, 0) is 27.5 Å². The predicted molar refractivity (Wildman–Crippen MR) is 113 cm³/mol. The van der Waals surface area contributed by atoms with E-state index in [1.165, 1.54) is 11.3 Å². The zero-order valence-corrected chi connectivity index (χ0v) is 18.3. The van der Waals surface area contributed by atoms with Gasteiger partial charge in [0.2, 0.25) is 5.91 Å². The van der Waals surface area contributed by atoms with Crippen LogP contribution in [0, 0.1) is 0 Å². The number of carbonyl (C=O) groups is 2. The Morgan fingerprint density at radius 1 is 1.21 bits per heavy atom. The Labute approximate surface area is 175 Å². The van der Waals surface area contributed by atoms with Gasteiger partial charge in [-0.3, -0.25) is 19.4 Å². The number of nitrogens with one attached hydrogen (secondary N) is 1. The fourth-order valence-electron chi connectivity index (χ4n) is 4.69. The third kappa shape index (κ3) is 4.21. The lowest BCUT2D eigenvalue weighted by molar-refractivity contribution is -0.121. The summed E-state index contributed by atoms with van der Waals surface area (Å²) in [4.78, 5) is 30.3. The van der Waals surface area contributed by atoms with E-state index in [1.54, 1.807) is 0 Å².